The third-order valence-corrected chi connectivity index (χ3v) is 3.00. The topological polar surface area (TPSA) is 38.3 Å². The van der Waals surface area contributed by atoms with E-state index in [0.717, 1.165) is 28.6 Å². The van der Waals surface area contributed by atoms with Crippen LogP contribution in [0.2, 0.25) is 0 Å². The molecule has 17 heavy (non-hydrogen) atoms. The molecule has 1 N–H and O–H groups in total. The first-order valence-corrected chi connectivity index (χ1v) is 6.58. The lowest BCUT2D eigenvalue weighted by atomic mass is 10.2. The zero-order valence-corrected chi connectivity index (χ0v) is 11.8. The van der Waals surface area contributed by atoms with Crippen LogP contribution < -0.4 is 5.32 Å². The van der Waals surface area contributed by atoms with E-state index in [1.807, 2.05) is 25.1 Å². The summed E-state index contributed by atoms with van der Waals surface area (Å²) >= 11 is 3.43. The van der Waals surface area contributed by atoms with Crippen molar-refractivity contribution in [3.05, 3.63) is 28.2 Å². The van der Waals surface area contributed by atoms with Crippen LogP contribution in [-0.2, 0) is 9.53 Å². The second-order valence-corrected chi connectivity index (χ2v) is 4.77. The fourth-order valence-corrected chi connectivity index (χ4v) is 1.71. The number of unbranched alkanes of at least 4 members (excludes halogenated alkanes) is 1. The molecule has 0 unspecified atom stereocenters. The van der Waals surface area contributed by atoms with Crippen molar-refractivity contribution in [2.75, 3.05) is 18.5 Å². The number of anilines is 1. The average Bonchev–Trinajstić information content (AvgIpc) is 2.31. The van der Waals surface area contributed by atoms with Crippen LogP contribution in [0, 0.1) is 6.92 Å². The van der Waals surface area contributed by atoms with E-state index in [4.69, 9.17) is 4.74 Å². The van der Waals surface area contributed by atoms with Crippen LogP contribution in [0.1, 0.15) is 25.3 Å². The van der Waals surface area contributed by atoms with Crippen molar-refractivity contribution in [2.45, 2.75) is 26.7 Å². The van der Waals surface area contributed by atoms with Gasteiger partial charge in [0.05, 0.1) is 6.61 Å². The normalized spacial score (nSPS) is 10.1. The Labute approximate surface area is 111 Å². The molecular weight excluding hydrogens is 282 g/mol. The van der Waals surface area contributed by atoms with Crippen LogP contribution in [0.15, 0.2) is 22.7 Å². The lowest BCUT2D eigenvalue weighted by Gasteiger charge is -2.09. The summed E-state index contributed by atoms with van der Waals surface area (Å²) in [5.74, 6) is -0.216. The molecule has 0 aromatic heterocycles. The highest BCUT2D eigenvalue weighted by Crippen LogP contribution is 2.22. The van der Waals surface area contributed by atoms with Crippen molar-refractivity contribution in [1.29, 1.82) is 0 Å². The van der Waals surface area contributed by atoms with E-state index in [9.17, 15) is 4.79 Å². The molecule has 0 atom stereocenters. The van der Waals surface area contributed by atoms with Gasteiger partial charge in [0.15, 0.2) is 0 Å². The molecule has 3 nitrogen and oxygen atoms in total. The summed E-state index contributed by atoms with van der Waals surface area (Å²) in [5, 5.41) is 3.06. The Morgan fingerprint density at radius 1 is 1.47 bits per heavy atom. The van der Waals surface area contributed by atoms with E-state index < -0.39 is 0 Å². The number of carbonyl (C=O) groups excluding carboxylic acids is 1. The zero-order valence-electron chi connectivity index (χ0n) is 10.3. The maximum absolute atomic E-state index is 11.4. The van der Waals surface area contributed by atoms with Gasteiger partial charge in [0.25, 0.3) is 0 Å². The van der Waals surface area contributed by atoms with Gasteiger partial charge in [-0.25, -0.2) is 0 Å². The number of hydrogen-bond donors (Lipinski definition) is 1. The molecule has 1 rings (SSSR count). The Morgan fingerprint density at radius 3 is 2.94 bits per heavy atom. The monoisotopic (exact) mass is 299 g/mol. The number of esters is 1. The molecule has 0 heterocycles. The highest BCUT2D eigenvalue weighted by atomic mass is 79.9. The van der Waals surface area contributed by atoms with Gasteiger partial charge in [-0.05, 0) is 47.0 Å². The van der Waals surface area contributed by atoms with Crippen molar-refractivity contribution in [3.8, 4) is 0 Å². The van der Waals surface area contributed by atoms with E-state index in [0.29, 0.717) is 6.61 Å². The summed E-state index contributed by atoms with van der Waals surface area (Å²) in [7, 11) is 0. The highest BCUT2D eigenvalue weighted by molar-refractivity contribution is 9.10. The molecule has 0 fully saturated rings. The Kier molecular flexibility index (Phi) is 6.05. The van der Waals surface area contributed by atoms with Gasteiger partial charge in [-0.1, -0.05) is 19.4 Å². The molecule has 1 aromatic carbocycles. The molecule has 1 aromatic rings. The number of hydrogen-bond acceptors (Lipinski definition) is 3. The lowest BCUT2D eigenvalue weighted by molar-refractivity contribution is -0.141. The fraction of sp³-hybridized carbons (Fsp3) is 0.462. The summed E-state index contributed by atoms with van der Waals surface area (Å²) < 4.78 is 6.01. The largest absolute Gasteiger partial charge is 0.464 e. The molecule has 0 saturated carbocycles. The molecule has 0 amide bonds. The van der Waals surface area contributed by atoms with Crippen molar-refractivity contribution in [2.24, 2.45) is 0 Å². The zero-order chi connectivity index (χ0) is 12.7. The van der Waals surface area contributed by atoms with Crippen molar-refractivity contribution < 1.29 is 9.53 Å². The molecule has 0 bridgehead atoms. The van der Waals surface area contributed by atoms with Crippen molar-refractivity contribution in [3.63, 3.8) is 0 Å². The predicted octanol–water partition coefficient (Wildman–Crippen LogP) is 3.51. The minimum atomic E-state index is -0.216. The molecule has 0 radical (unpaired) electrons. The maximum Gasteiger partial charge on any atom is 0.325 e. The Bertz CT molecular complexity index is 380. The maximum atomic E-state index is 11.4. The van der Waals surface area contributed by atoms with Gasteiger partial charge in [0.2, 0.25) is 0 Å². The summed E-state index contributed by atoms with van der Waals surface area (Å²) in [6.45, 7) is 4.78. The second kappa shape index (κ2) is 7.33. The summed E-state index contributed by atoms with van der Waals surface area (Å²) in [6, 6.07) is 5.96. The van der Waals surface area contributed by atoms with Crippen molar-refractivity contribution in [1.82, 2.24) is 0 Å². The number of halogens is 1. The van der Waals surface area contributed by atoms with E-state index in [2.05, 4.69) is 28.2 Å². The molecule has 94 valence electrons. The minimum absolute atomic E-state index is 0.200. The molecule has 0 aliphatic carbocycles. The molecule has 4 heteroatoms. The van der Waals surface area contributed by atoms with Crippen molar-refractivity contribution >= 4 is 27.6 Å². The Balaban J connectivity index is 2.39. The molecule has 0 aliphatic rings. The van der Waals surface area contributed by atoms with Crippen LogP contribution in [-0.4, -0.2) is 19.1 Å². The van der Waals surface area contributed by atoms with Gasteiger partial charge in [0, 0.05) is 10.2 Å². The van der Waals surface area contributed by atoms with Gasteiger partial charge in [-0.2, -0.15) is 0 Å². The molecule has 0 spiro atoms. The molecule has 0 saturated heterocycles. The SMILES string of the molecule is CCCCOC(=O)CNc1cc(C)ccc1Br. The lowest BCUT2D eigenvalue weighted by Crippen LogP contribution is -2.17. The van der Waals surface area contributed by atoms with E-state index in [1.54, 1.807) is 0 Å². The molecule has 0 aliphatic heterocycles. The summed E-state index contributed by atoms with van der Waals surface area (Å²) in [6.07, 6.45) is 1.95. The van der Waals surface area contributed by atoms with Crippen LogP contribution in [0.4, 0.5) is 5.69 Å². The van der Waals surface area contributed by atoms with Gasteiger partial charge in [-0.3, -0.25) is 4.79 Å². The smallest absolute Gasteiger partial charge is 0.325 e. The average molecular weight is 300 g/mol. The van der Waals surface area contributed by atoms with Crippen LogP contribution in [0.5, 0.6) is 0 Å². The Hall–Kier alpha value is -1.03. The number of carbonyl (C=O) groups is 1. The van der Waals surface area contributed by atoms with Gasteiger partial charge in [-0.15, -0.1) is 0 Å². The van der Waals surface area contributed by atoms with Gasteiger partial charge < -0.3 is 10.1 Å². The first-order valence-electron chi connectivity index (χ1n) is 5.79. The predicted molar refractivity (Wildman–Crippen MR) is 73.2 cm³/mol. The van der Waals surface area contributed by atoms with E-state index in [-0.39, 0.29) is 12.5 Å². The number of benzene rings is 1. The van der Waals surface area contributed by atoms with Crippen LogP contribution in [0.3, 0.4) is 0 Å². The standard InChI is InChI=1S/C13H18BrNO2/c1-3-4-7-17-13(16)9-15-12-8-10(2)5-6-11(12)14/h5-6,8,15H,3-4,7,9H2,1-2H3. The number of nitrogens with one attached hydrogen (secondary N) is 1. The first-order chi connectivity index (χ1) is 8.13. The van der Waals surface area contributed by atoms with E-state index >= 15 is 0 Å². The van der Waals surface area contributed by atoms with Gasteiger partial charge in [0.1, 0.15) is 6.54 Å². The quantitative estimate of drug-likeness (QED) is 0.645. The Morgan fingerprint density at radius 2 is 2.24 bits per heavy atom. The summed E-state index contributed by atoms with van der Waals surface area (Å²) in [4.78, 5) is 11.4. The second-order valence-electron chi connectivity index (χ2n) is 3.91. The fourth-order valence-electron chi connectivity index (χ4n) is 1.32. The van der Waals surface area contributed by atoms with Gasteiger partial charge >= 0.3 is 5.97 Å². The summed E-state index contributed by atoms with van der Waals surface area (Å²) in [5.41, 5.74) is 2.06. The van der Waals surface area contributed by atoms with Crippen LogP contribution in [0.25, 0.3) is 0 Å². The third kappa shape index (κ3) is 5.22. The third-order valence-electron chi connectivity index (χ3n) is 2.31. The number of ether oxygens (including phenoxy) is 1. The molecular formula is C13H18BrNO2. The van der Waals surface area contributed by atoms with E-state index in [1.165, 1.54) is 0 Å². The highest BCUT2D eigenvalue weighted by Gasteiger charge is 2.04. The number of rotatable bonds is 6. The first kappa shape index (κ1) is 14.0. The minimum Gasteiger partial charge on any atom is -0.464 e. The van der Waals surface area contributed by atoms with Crippen LogP contribution >= 0.6 is 15.9 Å². The number of aryl methyl sites for hydroxylation is 1.